The predicted octanol–water partition coefficient (Wildman–Crippen LogP) is 7.00. The number of benzene rings is 1. The van der Waals surface area contributed by atoms with E-state index in [0.29, 0.717) is 5.92 Å². The Balaban J connectivity index is 1.39. The first-order chi connectivity index (χ1) is 14.3. The van der Waals surface area contributed by atoms with Crippen LogP contribution in [0.25, 0.3) is 0 Å². The van der Waals surface area contributed by atoms with E-state index in [4.69, 9.17) is 0 Å². The molecule has 1 nitrogen and oxygen atoms in total. The van der Waals surface area contributed by atoms with Gasteiger partial charge >= 0.3 is 208 Å². The summed E-state index contributed by atoms with van der Waals surface area (Å²) in [5, 5.41) is 12.0. The van der Waals surface area contributed by atoms with E-state index in [0.717, 1.165) is 24.2 Å². The number of rotatable bonds is 3. The summed E-state index contributed by atoms with van der Waals surface area (Å²) in [5.74, 6) is 3.32. The van der Waals surface area contributed by atoms with E-state index in [2.05, 4.69) is 90.8 Å². The topological polar surface area (TPSA) is 20.2 Å². The van der Waals surface area contributed by atoms with Crippen LogP contribution in [0.1, 0.15) is 64.7 Å². The molecule has 0 bridgehead atoms. The Hall–Kier alpha value is 0.919. The summed E-state index contributed by atoms with van der Waals surface area (Å²) in [6, 6.07) is 11.0. The van der Waals surface area contributed by atoms with E-state index in [1.807, 2.05) is 0 Å². The summed E-state index contributed by atoms with van der Waals surface area (Å²) in [7, 11) is -2.58. The molecule has 1 unspecified atom stereocenters. The molecule has 4 aliphatic rings. The molecule has 0 heterocycles. The number of allylic oxidation sites excluding steroid dienone is 2. The second-order valence-corrected chi connectivity index (χ2v) is 53.4. The van der Waals surface area contributed by atoms with Gasteiger partial charge in [-0.2, -0.15) is 0 Å². The van der Waals surface area contributed by atoms with Crippen molar-refractivity contribution in [1.82, 2.24) is 0 Å². The molecule has 0 aromatic heterocycles. The van der Waals surface area contributed by atoms with Crippen molar-refractivity contribution in [3.05, 3.63) is 52.1 Å². The van der Waals surface area contributed by atoms with Crippen LogP contribution in [-0.2, 0) is 0 Å². The fourth-order valence-electron chi connectivity index (χ4n) is 7.63. The minimum atomic E-state index is -2.58. The number of halogens is 2. The average molecular weight is 735 g/mol. The molecule has 0 radical (unpaired) electrons. The molecule has 4 aliphatic carbocycles. The van der Waals surface area contributed by atoms with Crippen molar-refractivity contribution in [2.24, 2.45) is 29.1 Å². The van der Waals surface area contributed by atoms with Crippen LogP contribution in [0.5, 0.6) is 0 Å². The molecule has 1 aromatic carbocycles. The van der Waals surface area contributed by atoms with Gasteiger partial charge < -0.3 is 0 Å². The van der Waals surface area contributed by atoms with E-state index < -0.39 is 16.0 Å². The Labute approximate surface area is 205 Å². The fraction of sp³-hybridized carbons (Fsp3) is 0.615. The van der Waals surface area contributed by atoms with Crippen LogP contribution < -0.4 is 3.58 Å². The summed E-state index contributed by atoms with van der Waals surface area (Å²) in [6.07, 6.45) is 16.5. The molecule has 0 saturated heterocycles. The third-order valence-electron chi connectivity index (χ3n) is 9.32. The number of hydrogen-bond acceptors (Lipinski definition) is 1. The van der Waals surface area contributed by atoms with Gasteiger partial charge in [-0.3, -0.25) is 0 Å². The van der Waals surface area contributed by atoms with Gasteiger partial charge in [0.05, 0.1) is 0 Å². The minimum absolute atomic E-state index is 0.0620. The first-order valence-corrected chi connectivity index (χ1v) is 31.6. The monoisotopic (exact) mass is 736 g/mol. The second kappa shape index (κ2) is 8.61. The molecule has 0 amide bonds. The van der Waals surface area contributed by atoms with Gasteiger partial charge in [0, 0.05) is 0 Å². The van der Waals surface area contributed by atoms with Gasteiger partial charge in [-0.1, -0.05) is 0 Å². The molecule has 1 N–H and O–H groups in total. The number of aliphatic hydroxyl groups is 1. The molecule has 3 saturated carbocycles. The standard InChI is InChI=1S/C20H29O.C6H5.2HI.Sn/c1-3-20(21)13-11-18-17-9-8-14-6-4-5-7-15(14)16(17)10-12-19(18,20)2;1-2-4-6-5-3-1;;;/h1,3,6,15-18,21H,4-5,7-13H2,2H3;1-5H;2*1H;/q;;;;+2/p-2/t15-,16+,17+,18-,19-,20?;;;;/m0..../s1. The van der Waals surface area contributed by atoms with E-state index in [1.54, 1.807) is 5.57 Å². The maximum absolute atomic E-state index is 12.0. The molecule has 0 aliphatic heterocycles. The van der Waals surface area contributed by atoms with Gasteiger partial charge in [-0.05, 0) is 0 Å². The van der Waals surface area contributed by atoms with E-state index in [-0.39, 0.29) is 5.41 Å². The first-order valence-electron chi connectivity index (χ1n) is 11.9. The Kier molecular flexibility index (Phi) is 6.51. The van der Waals surface area contributed by atoms with Gasteiger partial charge in [-0.25, -0.2) is 0 Å². The van der Waals surface area contributed by atoms with Gasteiger partial charge in [-0.15, -0.1) is 0 Å². The maximum atomic E-state index is 12.0. The third-order valence-corrected chi connectivity index (χ3v) is 27.3. The Bertz CT molecular complexity index is 850. The molecule has 5 rings (SSSR count). The molecule has 30 heavy (non-hydrogen) atoms. The number of hydrogen-bond donors (Lipinski definition) is 1. The van der Waals surface area contributed by atoms with Gasteiger partial charge in [0.25, 0.3) is 0 Å². The van der Waals surface area contributed by atoms with Crippen LogP contribution >= 0.6 is 37.3 Å². The fourth-order valence-corrected chi connectivity index (χ4v) is 18.6. The summed E-state index contributed by atoms with van der Waals surface area (Å²) >= 11 is 5.46. The van der Waals surface area contributed by atoms with Crippen LogP contribution in [0.15, 0.2) is 52.1 Å². The van der Waals surface area contributed by atoms with Crippen LogP contribution in [0.3, 0.4) is 0 Å². The van der Waals surface area contributed by atoms with Gasteiger partial charge in [0.15, 0.2) is 0 Å². The first kappa shape index (κ1) is 22.7. The molecule has 3 fully saturated rings. The van der Waals surface area contributed by atoms with Crippen molar-refractivity contribution in [3.8, 4) is 0 Å². The Morgan fingerprint density at radius 2 is 1.83 bits per heavy atom. The normalized spacial score (nSPS) is 41.1. The zero-order valence-corrected chi connectivity index (χ0v) is 25.2. The Morgan fingerprint density at radius 3 is 2.63 bits per heavy atom. The quantitative estimate of drug-likeness (QED) is 0.202. The van der Waals surface area contributed by atoms with Crippen molar-refractivity contribution in [2.75, 3.05) is 0 Å². The van der Waals surface area contributed by atoms with Crippen molar-refractivity contribution >= 4 is 51.3 Å². The average Bonchev–Trinajstić information content (AvgIpc) is 3.04. The van der Waals surface area contributed by atoms with Crippen LogP contribution in [0, 0.1) is 29.1 Å². The molecule has 1 aromatic rings. The molecule has 6 atom stereocenters. The predicted molar refractivity (Wildman–Crippen MR) is 146 cm³/mol. The summed E-state index contributed by atoms with van der Waals surface area (Å²) in [5.41, 5.74) is 1.25. The van der Waals surface area contributed by atoms with Crippen LogP contribution in [0.4, 0.5) is 0 Å². The summed E-state index contributed by atoms with van der Waals surface area (Å²) in [4.78, 5) is 0. The zero-order chi connectivity index (χ0) is 21.0. The summed E-state index contributed by atoms with van der Waals surface area (Å²) < 4.78 is 3.98. The Morgan fingerprint density at radius 1 is 1.03 bits per heavy atom. The van der Waals surface area contributed by atoms with Gasteiger partial charge in [0.2, 0.25) is 0 Å². The van der Waals surface area contributed by atoms with Crippen molar-refractivity contribution < 1.29 is 5.11 Å². The van der Waals surface area contributed by atoms with E-state index in [9.17, 15) is 5.11 Å². The van der Waals surface area contributed by atoms with E-state index in [1.165, 1.54) is 54.9 Å². The second-order valence-electron chi connectivity index (χ2n) is 10.5. The van der Waals surface area contributed by atoms with Crippen molar-refractivity contribution in [3.63, 3.8) is 0 Å². The molecule has 162 valence electrons. The van der Waals surface area contributed by atoms with Crippen LogP contribution in [-0.4, -0.2) is 21.1 Å². The number of fused-ring (bicyclic) bond motifs is 5. The van der Waals surface area contributed by atoms with Crippen LogP contribution in [0.2, 0.25) is 0 Å². The molecular formula is C26H34I2OSn. The molecular weight excluding hydrogens is 701 g/mol. The SMILES string of the molecule is C[C@]12CC[C@H]3[C@@H](CCC4=CCCC[C@@H]43)[C@@H]1CCC2(O)/C=[CH]\[Sn]([I])([I])[c]1ccccc1. The van der Waals surface area contributed by atoms with Gasteiger partial charge in [0.1, 0.15) is 0 Å². The van der Waals surface area contributed by atoms with E-state index >= 15 is 0 Å². The third kappa shape index (κ3) is 3.81. The molecule has 0 spiro atoms. The van der Waals surface area contributed by atoms with Crippen molar-refractivity contribution in [1.29, 1.82) is 0 Å². The van der Waals surface area contributed by atoms with Crippen molar-refractivity contribution in [2.45, 2.75) is 70.3 Å². The zero-order valence-electron chi connectivity index (χ0n) is 18.0. The summed E-state index contributed by atoms with van der Waals surface area (Å²) in [6.45, 7) is 2.44. The molecule has 4 heteroatoms.